The third-order valence-corrected chi connectivity index (χ3v) is 15.4. The number of likely N-dealkylation sites (tertiary alicyclic amines) is 1. The van der Waals surface area contributed by atoms with Gasteiger partial charge in [-0.1, -0.05) is 45.0 Å². The van der Waals surface area contributed by atoms with Gasteiger partial charge in [0.1, 0.15) is 38.3 Å². The number of Topliss-reactive ketones (excluding diaryl/α,β-unsaturated/α-hetero) is 6. The number of thioether (sulfide) groups is 1. The number of hydrogen-bond acceptors (Lipinski definition) is 23. The highest BCUT2D eigenvalue weighted by molar-refractivity contribution is 7.98. The number of ketones is 6. The predicted molar refractivity (Wildman–Crippen MR) is 358 cm³/mol. The highest BCUT2D eigenvalue weighted by Gasteiger charge is 2.36. The van der Waals surface area contributed by atoms with Crippen LogP contribution in [0.1, 0.15) is 128 Å². The van der Waals surface area contributed by atoms with Gasteiger partial charge < -0.3 is 80.9 Å². The molecule has 0 aromatic heterocycles. The maximum atomic E-state index is 13.6. The molecule has 0 unspecified atom stereocenters. The third-order valence-electron chi connectivity index (χ3n) is 14.3. The van der Waals surface area contributed by atoms with Gasteiger partial charge in [-0.05, 0) is 77.0 Å². The van der Waals surface area contributed by atoms with E-state index in [9.17, 15) is 62.3 Å². The van der Waals surface area contributed by atoms with E-state index in [1.165, 1.54) is 23.6 Å². The van der Waals surface area contributed by atoms with Gasteiger partial charge in [-0.2, -0.15) is 24.4 Å². The fraction of sp³-hybridized carbons (Fsp3) is 0.708. The van der Waals surface area contributed by atoms with Crippen molar-refractivity contribution < 1.29 is 95.5 Å². The molecule has 2 rings (SSSR count). The summed E-state index contributed by atoms with van der Waals surface area (Å²) in [4.78, 5) is 163. The molecule has 1 fully saturated rings. The van der Waals surface area contributed by atoms with Gasteiger partial charge in [0.25, 0.3) is 0 Å². The lowest BCUT2D eigenvalue weighted by Gasteiger charge is -2.27. The molecule has 6 atom stereocenters. The molecule has 95 heavy (non-hydrogen) atoms. The van der Waals surface area contributed by atoms with Crippen LogP contribution in [0.15, 0.2) is 24.3 Å². The molecule has 30 heteroatoms. The maximum Gasteiger partial charge on any atom is 0.249 e. The topological polar surface area (TPSA) is 402 Å². The first-order chi connectivity index (χ1) is 45.4. The molecule has 0 saturated carbocycles. The Kier molecular flexibility index (Phi) is 48.5. The number of nitrogens with zero attached hydrogens (tertiary/aromatic N) is 1. The minimum Gasteiger partial charge on any atom is -0.379 e. The quantitative estimate of drug-likeness (QED) is 0.0258. The molecule has 1 aliphatic rings. The number of primary amides is 1. The Hall–Kier alpha value is -6.09. The molecule has 0 bridgehead atoms. The number of nitrogens with one attached hydrogen (secondary N) is 5. The minimum absolute atomic E-state index is 0.0137. The SMILES string of the molecule is CC(=O)CCCOCCOCC(=O)NCCOCCOCC(=O)C[C@H](CS)C(N)=O.CCNC(=O)[C@H](C)CC(=O)[C@H](CSC)NC(=O)CCC(=O)[C@H](CC(C)C)NC(=O)[C@@H]1CCCN1C(=O)COCCCC(=O)[C@H](Cc1ccc(C(C)=O)cc1)NC(=O)COCCOCCN. The Morgan fingerprint density at radius 2 is 1.21 bits per heavy atom. The molecule has 28 nitrogen and oxygen atoms in total. The standard InChI is InChI=1S/C46H72N6O12S.C19H34N2O8S/c1-7-48-45(60)31(4)25-41(56)37(29-65-6)50-42(57)17-16-40(55)35(24-30(2)3)51-46(61)38-10-8-19-52(38)44(59)28-63-20-9-11-39(54)36(26-33-12-14-34(15-13-33)32(5)53)49-43(58)27-64-23-22-62-21-18-47;1-15(22)3-2-5-26-7-10-29-13-18(24)21-4-6-27-8-9-28-12-17(23)11-16(14-30)19(20)25/h12-15,30-31,35-38H,7-11,16-29,47H2,1-6H3,(H,48,60)(H,49,58)(H,50,57)(H,51,61);16,30H,2-14H2,1H3,(H2,20,25)(H,21,24)/t31-,35+,36+,37+,38+;16-/m11/s1. The lowest BCUT2D eigenvalue weighted by Crippen LogP contribution is -2.52. The molecule has 1 saturated heterocycles. The summed E-state index contributed by atoms with van der Waals surface area (Å²) in [6, 6.07) is 3.36. The van der Waals surface area contributed by atoms with Crippen LogP contribution >= 0.6 is 24.4 Å². The van der Waals surface area contributed by atoms with Crippen LogP contribution in [0, 0.1) is 17.8 Å². The van der Waals surface area contributed by atoms with E-state index >= 15 is 0 Å². The molecule has 1 aromatic carbocycles. The molecule has 0 spiro atoms. The van der Waals surface area contributed by atoms with E-state index in [0.29, 0.717) is 103 Å². The zero-order chi connectivity index (χ0) is 70.9. The van der Waals surface area contributed by atoms with E-state index in [-0.39, 0.29) is 163 Å². The molecule has 9 N–H and O–H groups in total. The minimum atomic E-state index is -0.898. The molecular weight excluding hydrogens is 1280 g/mol. The summed E-state index contributed by atoms with van der Waals surface area (Å²) in [6.07, 6.45) is 4.33. The zero-order valence-electron chi connectivity index (χ0n) is 56.6. The van der Waals surface area contributed by atoms with Crippen LogP contribution in [-0.2, 0) is 97.1 Å². The molecule has 0 radical (unpaired) electrons. The van der Waals surface area contributed by atoms with Crippen LogP contribution in [0.25, 0.3) is 0 Å². The first-order valence-corrected chi connectivity index (χ1v) is 34.5. The summed E-state index contributed by atoms with van der Waals surface area (Å²) in [5, 5.41) is 13.6. The van der Waals surface area contributed by atoms with E-state index in [1.807, 2.05) is 13.8 Å². The van der Waals surface area contributed by atoms with Crippen molar-refractivity contribution in [3.05, 3.63) is 35.4 Å². The lowest BCUT2D eigenvalue weighted by atomic mass is 9.96. The fourth-order valence-corrected chi connectivity index (χ4v) is 10.1. The molecule has 7 amide bonds. The number of rotatable bonds is 55. The number of ether oxygens (including phenoxy) is 7. The van der Waals surface area contributed by atoms with Crippen LogP contribution in [0.4, 0.5) is 0 Å². The van der Waals surface area contributed by atoms with Crippen molar-refractivity contribution in [3.63, 3.8) is 0 Å². The molecule has 1 heterocycles. The van der Waals surface area contributed by atoms with Crippen LogP contribution in [0.5, 0.6) is 0 Å². The zero-order valence-corrected chi connectivity index (χ0v) is 58.3. The summed E-state index contributed by atoms with van der Waals surface area (Å²) in [5.41, 5.74) is 11.8. The van der Waals surface area contributed by atoms with E-state index < -0.39 is 65.5 Å². The van der Waals surface area contributed by atoms with Crippen molar-refractivity contribution in [2.45, 2.75) is 143 Å². The first-order valence-electron chi connectivity index (χ1n) is 32.4. The predicted octanol–water partition coefficient (Wildman–Crippen LogP) is 1.25. The number of nitrogens with two attached hydrogens (primary N) is 2. The number of hydrogen-bond donors (Lipinski definition) is 8. The normalized spacial score (nSPS) is 14.3. The molecule has 0 aliphatic carbocycles. The van der Waals surface area contributed by atoms with E-state index in [1.54, 1.807) is 51.3 Å². The number of benzene rings is 1. The van der Waals surface area contributed by atoms with Gasteiger partial charge in [-0.15, -0.1) is 0 Å². The Bertz CT molecular complexity index is 2530. The summed E-state index contributed by atoms with van der Waals surface area (Å²) >= 11 is 5.35. The van der Waals surface area contributed by atoms with Gasteiger partial charge >= 0.3 is 0 Å². The van der Waals surface area contributed by atoms with Gasteiger partial charge in [0.2, 0.25) is 41.4 Å². The van der Waals surface area contributed by atoms with Gasteiger partial charge in [0, 0.05) is 101 Å². The van der Waals surface area contributed by atoms with Crippen LogP contribution in [0.3, 0.4) is 0 Å². The second-order valence-electron chi connectivity index (χ2n) is 23.1. The van der Waals surface area contributed by atoms with Gasteiger partial charge in [-0.3, -0.25) is 57.5 Å². The molecule has 538 valence electrons. The Morgan fingerprint density at radius 1 is 0.632 bits per heavy atom. The number of carbonyl (C=O) groups excluding carboxylic acids is 13. The number of thiol groups is 1. The summed E-state index contributed by atoms with van der Waals surface area (Å²) in [7, 11) is 0. The number of amides is 7. The monoisotopic (exact) mass is 1380 g/mol. The van der Waals surface area contributed by atoms with Crippen LogP contribution < -0.4 is 38.1 Å². The average Bonchev–Trinajstić information content (AvgIpc) is 1.78. The smallest absolute Gasteiger partial charge is 0.249 e. The maximum absolute atomic E-state index is 13.6. The van der Waals surface area contributed by atoms with E-state index in [0.717, 1.165) is 5.56 Å². The van der Waals surface area contributed by atoms with Crippen molar-refractivity contribution in [3.8, 4) is 0 Å². The summed E-state index contributed by atoms with van der Waals surface area (Å²) < 4.78 is 37.2. The average molecular weight is 1380 g/mol. The van der Waals surface area contributed by atoms with E-state index in [4.69, 9.17) is 44.6 Å². The highest BCUT2D eigenvalue weighted by atomic mass is 32.2. The Balaban J connectivity index is 0.00000126. The first kappa shape index (κ1) is 86.9. The lowest BCUT2D eigenvalue weighted by molar-refractivity contribution is -0.142. The van der Waals surface area contributed by atoms with Crippen molar-refractivity contribution >= 4 is 100 Å². The second kappa shape index (κ2) is 53.0. The molecule has 1 aliphatic heterocycles. The Morgan fingerprint density at radius 3 is 1.81 bits per heavy atom. The summed E-state index contributed by atoms with van der Waals surface area (Å²) in [6.45, 7) is 13.7. The molecular formula is C65H106N8O20S2. The highest BCUT2D eigenvalue weighted by Crippen LogP contribution is 2.20. The largest absolute Gasteiger partial charge is 0.379 e. The van der Waals surface area contributed by atoms with Crippen LogP contribution in [0.2, 0.25) is 0 Å². The van der Waals surface area contributed by atoms with Crippen molar-refractivity contribution in [1.82, 2.24) is 31.5 Å². The molecule has 1 aromatic rings. The van der Waals surface area contributed by atoms with Gasteiger partial charge in [-0.25, -0.2) is 0 Å². The fourth-order valence-electron chi connectivity index (χ4n) is 9.23. The van der Waals surface area contributed by atoms with Gasteiger partial charge in [0.15, 0.2) is 28.9 Å². The number of carbonyl (C=O) groups is 13. The van der Waals surface area contributed by atoms with Gasteiger partial charge in [0.05, 0.1) is 76.9 Å². The van der Waals surface area contributed by atoms with Crippen molar-refractivity contribution in [2.75, 3.05) is 136 Å². The van der Waals surface area contributed by atoms with Crippen LogP contribution in [-0.4, -0.2) is 242 Å². The Labute approximate surface area is 568 Å². The van der Waals surface area contributed by atoms with E-state index in [2.05, 4.69) is 39.2 Å². The van der Waals surface area contributed by atoms with Crippen molar-refractivity contribution in [2.24, 2.45) is 29.2 Å². The van der Waals surface area contributed by atoms with Crippen molar-refractivity contribution in [1.29, 1.82) is 0 Å². The summed E-state index contributed by atoms with van der Waals surface area (Å²) in [5.74, 6) is -4.59. The third kappa shape index (κ3) is 41.6. The second-order valence-corrected chi connectivity index (χ2v) is 24.4.